The van der Waals surface area contributed by atoms with Crippen molar-refractivity contribution >= 4 is 17.2 Å². The number of hydrogen-bond acceptors (Lipinski definition) is 4. The van der Waals surface area contributed by atoms with Crippen molar-refractivity contribution in [2.45, 2.75) is 12.5 Å². The molecule has 1 heterocycles. The molecule has 5 heteroatoms. The minimum atomic E-state index is -0.137. The Kier molecular flexibility index (Phi) is 4.79. The van der Waals surface area contributed by atoms with Crippen molar-refractivity contribution in [2.24, 2.45) is 5.92 Å². The highest BCUT2D eigenvalue weighted by Crippen LogP contribution is 2.36. The van der Waals surface area contributed by atoms with Gasteiger partial charge in [0.2, 0.25) is 0 Å². The third-order valence-electron chi connectivity index (χ3n) is 3.91. The maximum Gasteiger partial charge on any atom is 0.265 e. The van der Waals surface area contributed by atoms with E-state index in [2.05, 4.69) is 5.32 Å². The molecule has 1 aromatic carbocycles. The van der Waals surface area contributed by atoms with Gasteiger partial charge in [-0.2, -0.15) is 0 Å². The first kappa shape index (κ1) is 15.8. The topological polar surface area (TPSA) is 58.6 Å². The number of methoxy groups -OCH3 is 1. The molecule has 0 saturated heterocycles. The van der Waals surface area contributed by atoms with Gasteiger partial charge in [0.05, 0.1) is 7.11 Å². The quantitative estimate of drug-likeness (QED) is 0.829. The number of carbonyl (C=O) groups excluding carboxylic acids is 1. The van der Waals surface area contributed by atoms with Gasteiger partial charge in [-0.15, -0.1) is 11.3 Å². The number of carbonyl (C=O) groups is 1. The van der Waals surface area contributed by atoms with Crippen molar-refractivity contribution in [1.29, 1.82) is 0 Å². The van der Waals surface area contributed by atoms with E-state index in [1.807, 2.05) is 48.6 Å². The number of amides is 1. The van der Waals surface area contributed by atoms with E-state index in [4.69, 9.17) is 9.84 Å². The lowest BCUT2D eigenvalue weighted by Gasteiger charge is -2.12. The zero-order valence-electron chi connectivity index (χ0n) is 12.9. The zero-order chi connectivity index (χ0) is 16.2. The van der Waals surface area contributed by atoms with Crippen LogP contribution in [0, 0.1) is 5.92 Å². The van der Waals surface area contributed by atoms with Gasteiger partial charge < -0.3 is 15.2 Å². The second kappa shape index (κ2) is 6.98. The van der Waals surface area contributed by atoms with Crippen molar-refractivity contribution in [3.8, 4) is 16.2 Å². The molecular formula is C18H19NO3S. The first-order valence-corrected chi connectivity index (χ1v) is 8.36. The summed E-state index contributed by atoms with van der Waals surface area (Å²) in [6, 6.07) is 11.8. The third kappa shape index (κ3) is 3.46. The van der Waals surface area contributed by atoms with Gasteiger partial charge in [0.15, 0.2) is 0 Å². The molecule has 1 aliphatic rings. The predicted octanol–water partition coefficient (Wildman–Crippen LogP) is 3.09. The number of nitrogens with one attached hydrogen (secondary N) is 1. The molecule has 0 radical (unpaired) electrons. The summed E-state index contributed by atoms with van der Waals surface area (Å²) in [7, 11) is 1.57. The number of aliphatic hydroxyl groups excluding tert-OH is 1. The maximum absolute atomic E-state index is 12.5. The van der Waals surface area contributed by atoms with Gasteiger partial charge in [0, 0.05) is 23.4 Å². The first-order chi connectivity index (χ1) is 11.2. The van der Waals surface area contributed by atoms with Gasteiger partial charge >= 0.3 is 0 Å². The van der Waals surface area contributed by atoms with E-state index in [1.165, 1.54) is 11.3 Å². The lowest BCUT2D eigenvalue weighted by Crippen LogP contribution is -2.32. The molecule has 1 aliphatic carbocycles. The van der Waals surface area contributed by atoms with Crippen LogP contribution in [0.4, 0.5) is 0 Å². The Labute approximate surface area is 139 Å². The first-order valence-electron chi connectivity index (χ1n) is 7.54. The fourth-order valence-corrected chi connectivity index (χ4v) is 3.71. The largest absolute Gasteiger partial charge is 0.495 e. The van der Waals surface area contributed by atoms with E-state index in [-0.39, 0.29) is 24.5 Å². The number of rotatable bonds is 5. The molecule has 0 saturated carbocycles. The van der Waals surface area contributed by atoms with Crippen LogP contribution in [-0.2, 0) is 0 Å². The minimum Gasteiger partial charge on any atom is -0.495 e. The van der Waals surface area contributed by atoms with Crippen LogP contribution < -0.4 is 10.1 Å². The predicted molar refractivity (Wildman–Crippen MR) is 91.9 cm³/mol. The lowest BCUT2D eigenvalue weighted by molar-refractivity contribution is 0.0942. The monoisotopic (exact) mass is 329 g/mol. The number of ether oxygens (including phenoxy) is 1. The Morgan fingerprint density at radius 1 is 1.35 bits per heavy atom. The Morgan fingerprint density at radius 2 is 2.13 bits per heavy atom. The number of hydrogen-bond donors (Lipinski definition) is 2. The van der Waals surface area contributed by atoms with Crippen molar-refractivity contribution < 1.29 is 14.6 Å². The van der Waals surface area contributed by atoms with Crippen molar-refractivity contribution in [1.82, 2.24) is 5.32 Å². The molecule has 1 amide bonds. The van der Waals surface area contributed by atoms with Crippen LogP contribution in [0.3, 0.4) is 0 Å². The summed E-state index contributed by atoms with van der Waals surface area (Å²) in [6.07, 6.45) is 4.63. The number of benzene rings is 1. The summed E-state index contributed by atoms with van der Waals surface area (Å²) in [4.78, 5) is 14.1. The second-order valence-electron chi connectivity index (χ2n) is 5.52. The van der Waals surface area contributed by atoms with Gasteiger partial charge in [-0.05, 0) is 18.1 Å². The Hall–Kier alpha value is -2.11. The average Bonchev–Trinajstić information content (AvgIpc) is 3.22. The lowest BCUT2D eigenvalue weighted by atomic mass is 10.1. The van der Waals surface area contributed by atoms with Crippen molar-refractivity contribution in [3.05, 3.63) is 53.4 Å². The van der Waals surface area contributed by atoms with Crippen LogP contribution in [0.15, 0.2) is 48.6 Å². The molecule has 2 atom stereocenters. The van der Waals surface area contributed by atoms with E-state index >= 15 is 0 Å². The van der Waals surface area contributed by atoms with Gasteiger partial charge in [-0.1, -0.05) is 42.5 Å². The van der Waals surface area contributed by atoms with E-state index in [1.54, 1.807) is 7.11 Å². The molecule has 0 aliphatic heterocycles. The van der Waals surface area contributed by atoms with Crippen LogP contribution in [0.25, 0.3) is 10.4 Å². The zero-order valence-corrected chi connectivity index (χ0v) is 13.7. The Bertz CT molecular complexity index is 708. The Balaban J connectivity index is 1.78. The molecule has 120 valence electrons. The van der Waals surface area contributed by atoms with Gasteiger partial charge in [-0.25, -0.2) is 0 Å². The van der Waals surface area contributed by atoms with E-state index in [0.717, 1.165) is 16.9 Å². The van der Waals surface area contributed by atoms with Crippen LogP contribution in [0.5, 0.6) is 5.75 Å². The molecule has 2 N–H and O–H groups in total. The van der Waals surface area contributed by atoms with E-state index < -0.39 is 0 Å². The molecule has 4 nitrogen and oxygen atoms in total. The smallest absolute Gasteiger partial charge is 0.265 e. The van der Waals surface area contributed by atoms with Crippen molar-refractivity contribution in [3.63, 3.8) is 0 Å². The fraction of sp³-hybridized carbons (Fsp3) is 0.278. The summed E-state index contributed by atoms with van der Waals surface area (Å²) in [5.41, 5.74) is 1.07. The molecule has 0 spiro atoms. The summed E-state index contributed by atoms with van der Waals surface area (Å²) >= 11 is 1.42. The summed E-state index contributed by atoms with van der Waals surface area (Å²) in [5.74, 6) is 0.583. The summed E-state index contributed by atoms with van der Waals surface area (Å²) in [5, 5.41) is 12.2. The highest BCUT2D eigenvalue weighted by atomic mass is 32.1. The maximum atomic E-state index is 12.5. The molecule has 0 fully saturated rings. The molecule has 1 aromatic heterocycles. The second-order valence-corrected chi connectivity index (χ2v) is 6.57. The van der Waals surface area contributed by atoms with E-state index in [9.17, 15) is 4.79 Å². The average molecular weight is 329 g/mol. The summed E-state index contributed by atoms with van der Waals surface area (Å²) < 4.78 is 5.37. The highest BCUT2D eigenvalue weighted by molar-refractivity contribution is 7.17. The minimum absolute atomic E-state index is 0.0355. The summed E-state index contributed by atoms with van der Waals surface area (Å²) in [6.45, 7) is 0.114. The SMILES string of the molecule is COc1cc(-c2ccccc2)sc1C(=O)N[C@@H]1C=C[C@H](CO)C1. The number of aliphatic hydroxyl groups is 1. The van der Waals surface area contributed by atoms with Crippen LogP contribution in [0.1, 0.15) is 16.1 Å². The molecule has 2 aromatic rings. The molecule has 0 bridgehead atoms. The molecule has 0 unspecified atom stereocenters. The number of thiophene rings is 1. The van der Waals surface area contributed by atoms with Gasteiger partial charge in [0.25, 0.3) is 5.91 Å². The van der Waals surface area contributed by atoms with Crippen LogP contribution in [-0.4, -0.2) is 30.8 Å². The normalized spacial score (nSPS) is 19.7. The van der Waals surface area contributed by atoms with E-state index in [0.29, 0.717) is 10.6 Å². The fourth-order valence-electron chi connectivity index (χ4n) is 2.68. The molecule has 3 rings (SSSR count). The van der Waals surface area contributed by atoms with Gasteiger partial charge in [0.1, 0.15) is 10.6 Å². The Morgan fingerprint density at radius 3 is 2.78 bits per heavy atom. The van der Waals surface area contributed by atoms with Gasteiger partial charge in [-0.3, -0.25) is 4.79 Å². The molecule has 23 heavy (non-hydrogen) atoms. The third-order valence-corrected chi connectivity index (χ3v) is 5.07. The van der Waals surface area contributed by atoms with Crippen LogP contribution >= 0.6 is 11.3 Å². The standard InChI is InChI=1S/C18H19NO3S/c1-22-15-10-16(13-5-3-2-4-6-13)23-17(15)18(21)19-14-8-7-12(9-14)11-20/h2-8,10,12,14,20H,9,11H2,1H3,(H,19,21)/t12-,14+/m0/s1. The van der Waals surface area contributed by atoms with Crippen molar-refractivity contribution in [2.75, 3.05) is 13.7 Å². The highest BCUT2D eigenvalue weighted by Gasteiger charge is 2.23. The molecular weight excluding hydrogens is 310 g/mol. The van der Waals surface area contributed by atoms with Crippen LogP contribution in [0.2, 0.25) is 0 Å².